The highest BCUT2D eigenvalue weighted by molar-refractivity contribution is 5.96. The second-order valence-corrected chi connectivity index (χ2v) is 4.38. The van der Waals surface area contributed by atoms with Crippen molar-refractivity contribution in [3.8, 4) is 0 Å². The van der Waals surface area contributed by atoms with Gasteiger partial charge in [0.2, 0.25) is 5.91 Å². The Morgan fingerprint density at radius 2 is 1.94 bits per heavy atom. The number of likely N-dealkylation sites (tertiary alicyclic amines) is 1. The molecule has 4 nitrogen and oxygen atoms in total. The molecule has 1 aliphatic rings. The number of Topliss-reactive ketones (excluding diaryl/α,β-unsaturated/α-hetero) is 1. The van der Waals surface area contributed by atoms with Crippen LogP contribution in [0.25, 0.3) is 0 Å². The normalized spacial score (nSPS) is 20.5. The first-order chi connectivity index (χ1) is 7.58. The van der Waals surface area contributed by atoms with Gasteiger partial charge in [-0.2, -0.15) is 0 Å². The van der Waals surface area contributed by atoms with Crippen LogP contribution in [0, 0.1) is 0 Å². The molecule has 4 heteroatoms. The lowest BCUT2D eigenvalue weighted by atomic mass is 10.2. The Labute approximate surface area is 97.6 Å². The third-order valence-electron chi connectivity index (χ3n) is 3.25. The maximum atomic E-state index is 11.7. The summed E-state index contributed by atoms with van der Waals surface area (Å²) in [5, 5.41) is 0. The number of ketones is 1. The molecule has 0 saturated carbocycles. The van der Waals surface area contributed by atoms with Gasteiger partial charge in [0.05, 0.1) is 6.42 Å². The zero-order valence-electron chi connectivity index (χ0n) is 10.5. The highest BCUT2D eigenvalue weighted by atomic mass is 16.2. The van der Waals surface area contributed by atoms with Gasteiger partial charge in [-0.3, -0.25) is 14.5 Å². The molecule has 0 aromatic heterocycles. The molecule has 0 radical (unpaired) electrons. The van der Waals surface area contributed by atoms with Crippen molar-refractivity contribution in [3.63, 3.8) is 0 Å². The van der Waals surface area contributed by atoms with Gasteiger partial charge in [0.15, 0.2) is 0 Å². The number of carbonyl (C=O) groups is 2. The lowest BCUT2D eigenvalue weighted by Crippen LogP contribution is -2.38. The number of hydrogen-bond donors (Lipinski definition) is 0. The molecule has 0 aliphatic carbocycles. The van der Waals surface area contributed by atoms with Gasteiger partial charge in [0.25, 0.3) is 0 Å². The van der Waals surface area contributed by atoms with E-state index in [0.717, 1.165) is 32.6 Å². The van der Waals surface area contributed by atoms with E-state index in [2.05, 4.69) is 18.7 Å². The fourth-order valence-electron chi connectivity index (χ4n) is 2.33. The smallest absolute Gasteiger partial charge is 0.230 e. The predicted octanol–water partition coefficient (Wildman–Crippen LogP) is 0.908. The largest absolute Gasteiger partial charge is 0.341 e. The first-order valence-corrected chi connectivity index (χ1v) is 6.09. The Hall–Kier alpha value is -0.900. The van der Waals surface area contributed by atoms with Gasteiger partial charge in [-0.1, -0.05) is 13.8 Å². The molecular weight excluding hydrogens is 204 g/mol. The molecule has 1 aliphatic heterocycles. The summed E-state index contributed by atoms with van der Waals surface area (Å²) in [6.07, 6.45) is 1.09. The lowest BCUT2D eigenvalue weighted by Gasteiger charge is -2.26. The van der Waals surface area contributed by atoms with E-state index in [1.165, 1.54) is 6.92 Å². The van der Waals surface area contributed by atoms with Crippen molar-refractivity contribution >= 4 is 11.7 Å². The predicted molar refractivity (Wildman–Crippen MR) is 63.2 cm³/mol. The maximum Gasteiger partial charge on any atom is 0.230 e. The van der Waals surface area contributed by atoms with Crippen LogP contribution in [-0.2, 0) is 9.59 Å². The van der Waals surface area contributed by atoms with E-state index in [-0.39, 0.29) is 18.1 Å². The van der Waals surface area contributed by atoms with Gasteiger partial charge in [0.1, 0.15) is 5.78 Å². The zero-order valence-corrected chi connectivity index (χ0v) is 10.5. The highest BCUT2D eigenvalue weighted by Gasteiger charge is 2.29. The molecule has 16 heavy (non-hydrogen) atoms. The fourth-order valence-corrected chi connectivity index (χ4v) is 2.33. The molecule has 1 unspecified atom stereocenters. The lowest BCUT2D eigenvalue weighted by molar-refractivity contribution is -0.134. The molecule has 1 amide bonds. The van der Waals surface area contributed by atoms with Gasteiger partial charge in [-0.25, -0.2) is 0 Å². The van der Waals surface area contributed by atoms with Crippen molar-refractivity contribution in [2.75, 3.05) is 26.2 Å². The van der Waals surface area contributed by atoms with Gasteiger partial charge < -0.3 is 4.90 Å². The summed E-state index contributed by atoms with van der Waals surface area (Å²) in [5.41, 5.74) is 0. The molecule has 0 bridgehead atoms. The van der Waals surface area contributed by atoms with Crippen LogP contribution in [0.5, 0.6) is 0 Å². The molecule has 1 saturated heterocycles. The molecule has 92 valence electrons. The van der Waals surface area contributed by atoms with E-state index in [1.807, 2.05) is 4.90 Å². The molecule has 1 fully saturated rings. The minimum absolute atomic E-state index is 0.0119. The van der Waals surface area contributed by atoms with E-state index < -0.39 is 0 Å². The second-order valence-electron chi connectivity index (χ2n) is 4.38. The van der Waals surface area contributed by atoms with Crippen LogP contribution in [0.4, 0.5) is 0 Å². The number of likely N-dealkylation sites (N-methyl/N-ethyl adjacent to an activating group) is 1. The van der Waals surface area contributed by atoms with Gasteiger partial charge in [-0.05, 0) is 26.4 Å². The van der Waals surface area contributed by atoms with E-state index in [1.54, 1.807) is 0 Å². The van der Waals surface area contributed by atoms with Crippen LogP contribution in [-0.4, -0.2) is 53.7 Å². The van der Waals surface area contributed by atoms with E-state index in [0.29, 0.717) is 6.04 Å². The molecule has 1 heterocycles. The molecule has 0 spiro atoms. The maximum absolute atomic E-state index is 11.7. The van der Waals surface area contributed by atoms with Crippen molar-refractivity contribution in [2.45, 2.75) is 39.7 Å². The molecule has 0 aromatic rings. The van der Waals surface area contributed by atoms with Crippen LogP contribution >= 0.6 is 0 Å². The zero-order chi connectivity index (χ0) is 12.1. The summed E-state index contributed by atoms with van der Waals surface area (Å²) in [6, 6.07) is 0.478. The van der Waals surface area contributed by atoms with Crippen molar-refractivity contribution < 1.29 is 9.59 Å². The number of carbonyl (C=O) groups excluding carboxylic acids is 2. The van der Waals surface area contributed by atoms with E-state index >= 15 is 0 Å². The third-order valence-corrected chi connectivity index (χ3v) is 3.25. The van der Waals surface area contributed by atoms with E-state index in [4.69, 9.17) is 0 Å². The second kappa shape index (κ2) is 5.99. The minimum atomic E-state index is -0.0451. The summed E-state index contributed by atoms with van der Waals surface area (Å²) < 4.78 is 0. The standard InChI is InChI=1S/C12H22N2O2/c1-4-13(5-2)11-6-7-14(9-11)12(16)8-10(3)15/h11H,4-9H2,1-3H3. The van der Waals surface area contributed by atoms with Gasteiger partial charge in [-0.15, -0.1) is 0 Å². The Bertz CT molecular complexity index is 262. The topological polar surface area (TPSA) is 40.6 Å². The van der Waals surface area contributed by atoms with Gasteiger partial charge >= 0.3 is 0 Å². The third kappa shape index (κ3) is 3.30. The first-order valence-electron chi connectivity index (χ1n) is 6.09. The summed E-state index contributed by atoms with van der Waals surface area (Å²) in [4.78, 5) is 26.8. The van der Waals surface area contributed by atoms with Gasteiger partial charge in [0, 0.05) is 19.1 Å². The molecule has 1 rings (SSSR count). The van der Waals surface area contributed by atoms with Crippen LogP contribution in [0.2, 0.25) is 0 Å². The number of amides is 1. The summed E-state index contributed by atoms with van der Waals surface area (Å²) in [7, 11) is 0. The number of nitrogens with zero attached hydrogens (tertiary/aromatic N) is 2. The van der Waals surface area contributed by atoms with Crippen molar-refractivity contribution in [2.24, 2.45) is 0 Å². The molecule has 0 N–H and O–H groups in total. The van der Waals surface area contributed by atoms with Crippen molar-refractivity contribution in [1.82, 2.24) is 9.80 Å². The minimum Gasteiger partial charge on any atom is -0.341 e. The summed E-state index contributed by atoms with van der Waals surface area (Å²) >= 11 is 0. The molecule has 1 atom stereocenters. The van der Waals surface area contributed by atoms with Crippen LogP contribution in [0.3, 0.4) is 0 Å². The summed E-state index contributed by atoms with van der Waals surface area (Å²) in [5.74, 6) is -0.0570. The Morgan fingerprint density at radius 3 is 2.44 bits per heavy atom. The summed E-state index contributed by atoms with van der Waals surface area (Å²) in [6.45, 7) is 9.38. The van der Waals surface area contributed by atoms with Crippen LogP contribution in [0.15, 0.2) is 0 Å². The molecular formula is C12H22N2O2. The van der Waals surface area contributed by atoms with Crippen LogP contribution in [0.1, 0.15) is 33.6 Å². The first kappa shape index (κ1) is 13.2. The monoisotopic (exact) mass is 226 g/mol. The van der Waals surface area contributed by atoms with E-state index in [9.17, 15) is 9.59 Å². The average Bonchev–Trinajstić information content (AvgIpc) is 2.68. The fraction of sp³-hybridized carbons (Fsp3) is 0.833. The number of rotatable bonds is 5. The Morgan fingerprint density at radius 1 is 1.31 bits per heavy atom. The molecule has 0 aromatic carbocycles. The highest BCUT2D eigenvalue weighted by Crippen LogP contribution is 2.16. The Kier molecular flexibility index (Phi) is 4.93. The van der Waals surface area contributed by atoms with Crippen molar-refractivity contribution in [1.29, 1.82) is 0 Å². The quantitative estimate of drug-likeness (QED) is 0.654. The van der Waals surface area contributed by atoms with Crippen molar-refractivity contribution in [3.05, 3.63) is 0 Å². The average molecular weight is 226 g/mol. The van der Waals surface area contributed by atoms with Crippen LogP contribution < -0.4 is 0 Å². The SMILES string of the molecule is CCN(CC)C1CCN(C(=O)CC(C)=O)C1. The number of hydrogen-bond acceptors (Lipinski definition) is 3. The Balaban J connectivity index is 2.45.